The molecule has 5 heteroatoms. The van der Waals surface area contributed by atoms with Gasteiger partial charge in [0.1, 0.15) is 11.5 Å². The third-order valence-electron chi connectivity index (χ3n) is 5.10. The highest BCUT2D eigenvalue weighted by Crippen LogP contribution is 2.34. The molecule has 1 amide bonds. The first-order chi connectivity index (χ1) is 12.0. The molecule has 0 saturated carbocycles. The third kappa shape index (κ3) is 3.67. The van der Waals surface area contributed by atoms with Gasteiger partial charge in [-0.25, -0.2) is 4.39 Å². The minimum absolute atomic E-state index is 0.105. The summed E-state index contributed by atoms with van der Waals surface area (Å²) >= 11 is 0. The van der Waals surface area contributed by atoms with E-state index in [-0.39, 0.29) is 24.1 Å². The van der Waals surface area contributed by atoms with Crippen molar-refractivity contribution in [2.75, 3.05) is 26.3 Å². The zero-order valence-electron chi connectivity index (χ0n) is 14.8. The fourth-order valence-corrected chi connectivity index (χ4v) is 3.83. The zero-order valence-corrected chi connectivity index (χ0v) is 14.8. The Bertz CT molecular complexity index is 695. The molecule has 1 aliphatic carbocycles. The summed E-state index contributed by atoms with van der Waals surface area (Å²) in [7, 11) is 0. The minimum atomic E-state index is -0.553. The SMILES string of the molecule is CC1=CC=CC(C)C1(NC(=O)Cc1cccc(F)c1)N1CCOCC1. The van der Waals surface area contributed by atoms with Gasteiger partial charge in [0.25, 0.3) is 0 Å². The number of nitrogens with one attached hydrogen (secondary N) is 1. The van der Waals surface area contributed by atoms with Crippen LogP contribution in [0.4, 0.5) is 4.39 Å². The number of amides is 1. The van der Waals surface area contributed by atoms with Crippen LogP contribution in [-0.4, -0.2) is 42.8 Å². The number of rotatable bonds is 4. The third-order valence-corrected chi connectivity index (χ3v) is 5.10. The van der Waals surface area contributed by atoms with E-state index in [9.17, 15) is 9.18 Å². The average Bonchev–Trinajstić information content (AvgIpc) is 2.59. The summed E-state index contributed by atoms with van der Waals surface area (Å²) in [5, 5.41) is 3.26. The summed E-state index contributed by atoms with van der Waals surface area (Å²) in [6.45, 7) is 7.02. The van der Waals surface area contributed by atoms with Crippen LogP contribution in [-0.2, 0) is 16.0 Å². The van der Waals surface area contributed by atoms with E-state index in [1.165, 1.54) is 12.1 Å². The molecule has 134 valence electrons. The second-order valence-corrected chi connectivity index (χ2v) is 6.74. The Morgan fingerprint density at radius 1 is 1.40 bits per heavy atom. The fraction of sp³-hybridized carbons (Fsp3) is 0.450. The van der Waals surface area contributed by atoms with Crippen LogP contribution in [0.3, 0.4) is 0 Å². The number of carbonyl (C=O) groups is 1. The van der Waals surface area contributed by atoms with Crippen molar-refractivity contribution in [1.29, 1.82) is 0 Å². The van der Waals surface area contributed by atoms with Crippen molar-refractivity contribution in [2.24, 2.45) is 5.92 Å². The number of halogens is 1. The van der Waals surface area contributed by atoms with E-state index in [1.54, 1.807) is 12.1 Å². The Morgan fingerprint density at radius 3 is 2.84 bits per heavy atom. The van der Waals surface area contributed by atoms with Gasteiger partial charge in [-0.15, -0.1) is 0 Å². The molecule has 1 saturated heterocycles. The van der Waals surface area contributed by atoms with E-state index >= 15 is 0 Å². The van der Waals surface area contributed by atoms with Crippen LogP contribution in [0, 0.1) is 11.7 Å². The molecule has 25 heavy (non-hydrogen) atoms. The molecule has 1 aromatic rings. The Morgan fingerprint density at radius 2 is 2.16 bits per heavy atom. The Kier molecular flexibility index (Phi) is 5.35. The molecule has 1 heterocycles. The molecule has 0 spiro atoms. The molecule has 1 aliphatic heterocycles. The summed E-state index contributed by atoms with van der Waals surface area (Å²) in [6.07, 6.45) is 6.37. The molecule has 1 aromatic carbocycles. The predicted molar refractivity (Wildman–Crippen MR) is 95.4 cm³/mol. The van der Waals surface area contributed by atoms with Crippen molar-refractivity contribution in [3.63, 3.8) is 0 Å². The molecule has 1 N–H and O–H groups in total. The van der Waals surface area contributed by atoms with Crippen LogP contribution in [0.25, 0.3) is 0 Å². The number of benzene rings is 1. The lowest BCUT2D eigenvalue weighted by molar-refractivity contribution is -0.127. The second-order valence-electron chi connectivity index (χ2n) is 6.74. The van der Waals surface area contributed by atoms with Gasteiger partial charge >= 0.3 is 0 Å². The van der Waals surface area contributed by atoms with Crippen LogP contribution in [0.5, 0.6) is 0 Å². The molecule has 0 radical (unpaired) electrons. The highest BCUT2D eigenvalue weighted by atomic mass is 19.1. The molecule has 3 rings (SSSR count). The average molecular weight is 344 g/mol. The summed E-state index contributed by atoms with van der Waals surface area (Å²) in [5.41, 5.74) is 1.23. The van der Waals surface area contributed by atoms with Crippen molar-refractivity contribution in [1.82, 2.24) is 10.2 Å². The van der Waals surface area contributed by atoms with Gasteiger partial charge in [0.2, 0.25) is 5.91 Å². The van der Waals surface area contributed by atoms with Crippen molar-refractivity contribution < 1.29 is 13.9 Å². The summed E-state index contributed by atoms with van der Waals surface area (Å²) in [4.78, 5) is 15.1. The summed E-state index contributed by atoms with van der Waals surface area (Å²) in [6, 6.07) is 6.20. The van der Waals surface area contributed by atoms with E-state index in [0.717, 1.165) is 18.7 Å². The maximum Gasteiger partial charge on any atom is 0.226 e. The lowest BCUT2D eigenvalue weighted by Crippen LogP contribution is -2.67. The topological polar surface area (TPSA) is 41.6 Å². The van der Waals surface area contributed by atoms with Crippen molar-refractivity contribution in [2.45, 2.75) is 25.9 Å². The normalized spacial score (nSPS) is 27.0. The van der Waals surface area contributed by atoms with E-state index < -0.39 is 5.66 Å². The molecule has 0 aromatic heterocycles. The Labute approximate surface area is 148 Å². The summed E-state index contributed by atoms with van der Waals surface area (Å²) in [5.74, 6) is -0.294. The maximum absolute atomic E-state index is 13.4. The van der Waals surface area contributed by atoms with Gasteiger partial charge in [-0.1, -0.05) is 37.3 Å². The van der Waals surface area contributed by atoms with Crippen LogP contribution >= 0.6 is 0 Å². The molecular weight excluding hydrogens is 319 g/mol. The smallest absolute Gasteiger partial charge is 0.226 e. The van der Waals surface area contributed by atoms with Gasteiger partial charge < -0.3 is 10.1 Å². The number of hydrogen-bond donors (Lipinski definition) is 1. The maximum atomic E-state index is 13.4. The predicted octanol–water partition coefficient (Wildman–Crippen LogP) is 2.67. The number of hydrogen-bond acceptors (Lipinski definition) is 3. The van der Waals surface area contributed by atoms with E-state index in [4.69, 9.17) is 4.74 Å². The van der Waals surface area contributed by atoms with Crippen molar-refractivity contribution in [3.8, 4) is 0 Å². The standard InChI is InChI=1S/C20H25FN2O2/c1-15-5-3-6-16(2)20(15,23-9-11-25-12-10-23)22-19(24)14-17-7-4-8-18(21)13-17/h3-8,13,15H,9-12,14H2,1-2H3,(H,22,24). The van der Waals surface area contributed by atoms with Gasteiger partial charge in [-0.2, -0.15) is 0 Å². The minimum Gasteiger partial charge on any atom is -0.379 e. The number of allylic oxidation sites excluding steroid dienone is 2. The van der Waals surface area contributed by atoms with Crippen LogP contribution < -0.4 is 5.32 Å². The fourth-order valence-electron chi connectivity index (χ4n) is 3.83. The molecule has 2 unspecified atom stereocenters. The molecule has 1 fully saturated rings. The second kappa shape index (κ2) is 7.50. The Hall–Kier alpha value is -1.98. The number of nitrogens with zero attached hydrogens (tertiary/aromatic N) is 1. The molecule has 4 nitrogen and oxygen atoms in total. The lowest BCUT2D eigenvalue weighted by atomic mass is 9.81. The first-order valence-electron chi connectivity index (χ1n) is 8.76. The van der Waals surface area contributed by atoms with E-state index in [2.05, 4.69) is 36.2 Å². The number of ether oxygens (including phenoxy) is 1. The van der Waals surface area contributed by atoms with Gasteiger partial charge in [0, 0.05) is 19.0 Å². The van der Waals surface area contributed by atoms with Crippen molar-refractivity contribution in [3.05, 3.63) is 59.4 Å². The number of carbonyl (C=O) groups excluding carboxylic acids is 1. The zero-order chi connectivity index (χ0) is 17.9. The van der Waals surface area contributed by atoms with Crippen LogP contribution in [0.1, 0.15) is 19.4 Å². The van der Waals surface area contributed by atoms with Crippen LogP contribution in [0.2, 0.25) is 0 Å². The first-order valence-corrected chi connectivity index (χ1v) is 8.76. The van der Waals surface area contributed by atoms with Crippen molar-refractivity contribution >= 4 is 5.91 Å². The van der Waals surface area contributed by atoms with Gasteiger partial charge in [0.15, 0.2) is 0 Å². The largest absolute Gasteiger partial charge is 0.379 e. The molecule has 0 bridgehead atoms. The van der Waals surface area contributed by atoms with E-state index in [1.807, 2.05) is 6.08 Å². The quantitative estimate of drug-likeness (QED) is 0.913. The first kappa shape index (κ1) is 17.8. The number of morpholine rings is 1. The van der Waals surface area contributed by atoms with E-state index in [0.29, 0.717) is 18.8 Å². The Balaban J connectivity index is 1.83. The highest BCUT2D eigenvalue weighted by molar-refractivity contribution is 5.80. The van der Waals surface area contributed by atoms with Crippen LogP contribution in [0.15, 0.2) is 48.1 Å². The monoisotopic (exact) mass is 344 g/mol. The lowest BCUT2D eigenvalue weighted by Gasteiger charge is -2.50. The highest BCUT2D eigenvalue weighted by Gasteiger charge is 2.45. The molecular formula is C20H25FN2O2. The summed E-state index contributed by atoms with van der Waals surface area (Å²) < 4.78 is 18.9. The van der Waals surface area contributed by atoms with Gasteiger partial charge in [-0.3, -0.25) is 9.69 Å². The van der Waals surface area contributed by atoms with Gasteiger partial charge in [0.05, 0.1) is 19.6 Å². The molecule has 2 aliphatic rings. The van der Waals surface area contributed by atoms with Gasteiger partial charge in [-0.05, 0) is 30.2 Å². The molecule has 2 atom stereocenters.